The Kier molecular flexibility index (Phi) is 4.06. The molecule has 0 atom stereocenters. The Bertz CT molecular complexity index is 525. The molecular weight excluding hydrogens is 351 g/mol. The van der Waals surface area contributed by atoms with Gasteiger partial charge in [-0.05, 0) is 40.3 Å². The molecule has 4 nitrogen and oxygen atoms in total. The number of aliphatic carboxylic acids is 1. The molecule has 0 bridgehead atoms. The largest absolute Gasteiger partial charge is 0.481 e. The molecule has 88 valence electrons. The average molecular weight is 360 g/mol. The molecule has 0 aliphatic carbocycles. The first-order valence-corrected chi connectivity index (χ1v) is 6.87. The van der Waals surface area contributed by atoms with Gasteiger partial charge in [0.2, 0.25) is 0 Å². The molecule has 17 heavy (non-hydrogen) atoms. The van der Waals surface area contributed by atoms with Crippen LogP contribution < -0.4 is 0 Å². The average Bonchev–Trinajstić information content (AvgIpc) is 2.76. The number of rotatable bonds is 4. The minimum Gasteiger partial charge on any atom is -0.481 e. The number of carbonyl (C=O) groups is 1. The SMILES string of the molecule is O=C(O)CSc1ncc(-c2ccc(I)cc2)[nH]1. The Morgan fingerprint density at radius 2 is 2.12 bits per heavy atom. The lowest BCUT2D eigenvalue weighted by molar-refractivity contribution is -0.133. The molecule has 2 rings (SSSR count). The Balaban J connectivity index is 2.12. The number of aromatic nitrogens is 2. The second-order valence-electron chi connectivity index (χ2n) is 3.29. The molecule has 1 aromatic heterocycles. The van der Waals surface area contributed by atoms with Crippen molar-refractivity contribution in [3.8, 4) is 11.3 Å². The number of benzene rings is 1. The number of hydrogen-bond acceptors (Lipinski definition) is 3. The Labute approximate surface area is 116 Å². The summed E-state index contributed by atoms with van der Waals surface area (Å²) in [6, 6.07) is 8.03. The molecule has 0 aliphatic heterocycles. The number of nitrogens with one attached hydrogen (secondary N) is 1. The van der Waals surface area contributed by atoms with Crippen LogP contribution in [0, 0.1) is 3.57 Å². The van der Waals surface area contributed by atoms with Gasteiger partial charge < -0.3 is 10.1 Å². The van der Waals surface area contributed by atoms with Gasteiger partial charge in [-0.25, -0.2) is 4.98 Å². The zero-order chi connectivity index (χ0) is 12.3. The van der Waals surface area contributed by atoms with Crippen molar-refractivity contribution in [3.63, 3.8) is 0 Å². The molecule has 0 radical (unpaired) electrons. The van der Waals surface area contributed by atoms with Gasteiger partial charge in [-0.2, -0.15) is 0 Å². The van der Waals surface area contributed by atoms with Crippen LogP contribution in [0.15, 0.2) is 35.6 Å². The number of nitrogens with zero attached hydrogens (tertiary/aromatic N) is 1. The highest BCUT2D eigenvalue weighted by Gasteiger charge is 2.05. The summed E-state index contributed by atoms with van der Waals surface area (Å²) in [5, 5.41) is 9.19. The van der Waals surface area contributed by atoms with Gasteiger partial charge in [0.15, 0.2) is 5.16 Å². The summed E-state index contributed by atoms with van der Waals surface area (Å²) in [4.78, 5) is 17.6. The van der Waals surface area contributed by atoms with Crippen molar-refractivity contribution in [2.24, 2.45) is 0 Å². The van der Waals surface area contributed by atoms with Gasteiger partial charge in [0.05, 0.1) is 17.6 Å². The van der Waals surface area contributed by atoms with Gasteiger partial charge in [0.1, 0.15) is 0 Å². The van der Waals surface area contributed by atoms with E-state index in [0.717, 1.165) is 11.3 Å². The summed E-state index contributed by atoms with van der Waals surface area (Å²) in [6.45, 7) is 0. The van der Waals surface area contributed by atoms with E-state index in [2.05, 4.69) is 32.6 Å². The van der Waals surface area contributed by atoms with Gasteiger partial charge >= 0.3 is 5.97 Å². The predicted molar refractivity (Wildman–Crippen MR) is 75.1 cm³/mol. The molecule has 2 aromatic rings. The van der Waals surface area contributed by atoms with E-state index in [4.69, 9.17) is 5.11 Å². The van der Waals surface area contributed by atoms with Crippen LogP contribution in [0.2, 0.25) is 0 Å². The Morgan fingerprint density at radius 1 is 1.41 bits per heavy atom. The third kappa shape index (κ3) is 3.47. The van der Waals surface area contributed by atoms with Gasteiger partial charge in [-0.15, -0.1) is 0 Å². The summed E-state index contributed by atoms with van der Waals surface area (Å²) in [7, 11) is 0. The van der Waals surface area contributed by atoms with Crippen LogP contribution in [-0.2, 0) is 4.79 Å². The molecule has 6 heteroatoms. The first kappa shape index (κ1) is 12.4. The number of hydrogen-bond donors (Lipinski definition) is 2. The van der Waals surface area contributed by atoms with Crippen LogP contribution >= 0.6 is 34.4 Å². The fourth-order valence-corrected chi connectivity index (χ4v) is 2.21. The van der Waals surface area contributed by atoms with E-state index < -0.39 is 5.97 Å². The zero-order valence-corrected chi connectivity index (χ0v) is 11.7. The lowest BCUT2D eigenvalue weighted by Gasteiger charge is -1.97. The summed E-state index contributed by atoms with van der Waals surface area (Å²) >= 11 is 3.43. The van der Waals surface area contributed by atoms with Crippen molar-refractivity contribution < 1.29 is 9.90 Å². The van der Waals surface area contributed by atoms with Crippen molar-refractivity contribution in [2.45, 2.75) is 5.16 Å². The lowest BCUT2D eigenvalue weighted by atomic mass is 10.2. The topological polar surface area (TPSA) is 66.0 Å². The second-order valence-corrected chi connectivity index (χ2v) is 5.50. The maximum Gasteiger partial charge on any atom is 0.313 e. The van der Waals surface area contributed by atoms with Crippen molar-refractivity contribution in [1.29, 1.82) is 0 Å². The van der Waals surface area contributed by atoms with Crippen molar-refractivity contribution in [3.05, 3.63) is 34.0 Å². The Hall–Kier alpha value is -1.02. The number of H-pyrrole nitrogens is 1. The minimum atomic E-state index is -0.845. The Morgan fingerprint density at radius 3 is 2.76 bits per heavy atom. The van der Waals surface area contributed by atoms with Gasteiger partial charge in [0.25, 0.3) is 0 Å². The minimum absolute atomic E-state index is 0.0135. The van der Waals surface area contributed by atoms with Gasteiger partial charge in [-0.1, -0.05) is 23.9 Å². The number of aromatic amines is 1. The lowest BCUT2D eigenvalue weighted by Crippen LogP contribution is -1.97. The predicted octanol–water partition coefficient (Wildman–Crippen LogP) is 2.86. The van der Waals surface area contributed by atoms with Crippen LogP contribution in [0.4, 0.5) is 0 Å². The normalized spacial score (nSPS) is 10.4. The maximum atomic E-state index is 10.4. The monoisotopic (exact) mass is 360 g/mol. The highest BCUT2D eigenvalue weighted by molar-refractivity contribution is 14.1. The fourth-order valence-electron chi connectivity index (χ4n) is 1.28. The van der Waals surface area contributed by atoms with Crippen LogP contribution in [0.1, 0.15) is 0 Å². The van der Waals surface area contributed by atoms with E-state index in [1.54, 1.807) is 6.20 Å². The smallest absolute Gasteiger partial charge is 0.313 e. The number of carboxylic acids is 1. The molecule has 0 fully saturated rings. The van der Waals surface area contributed by atoms with E-state index in [1.807, 2.05) is 24.3 Å². The van der Waals surface area contributed by atoms with Gasteiger partial charge in [0, 0.05) is 3.57 Å². The number of carboxylic acid groups (broad SMARTS) is 1. The molecule has 2 N–H and O–H groups in total. The van der Waals surface area contributed by atoms with Crippen molar-refractivity contribution in [1.82, 2.24) is 9.97 Å². The third-order valence-electron chi connectivity index (χ3n) is 2.04. The highest BCUT2D eigenvalue weighted by atomic mass is 127. The quantitative estimate of drug-likeness (QED) is 0.650. The molecule has 0 amide bonds. The summed E-state index contributed by atoms with van der Waals surface area (Å²) in [5.41, 5.74) is 1.94. The van der Waals surface area contributed by atoms with E-state index in [1.165, 1.54) is 15.3 Å². The second kappa shape index (κ2) is 5.54. The van der Waals surface area contributed by atoms with Crippen molar-refractivity contribution in [2.75, 3.05) is 5.75 Å². The molecule has 0 spiro atoms. The van der Waals surface area contributed by atoms with Gasteiger partial charge in [-0.3, -0.25) is 4.79 Å². The van der Waals surface area contributed by atoms with E-state index >= 15 is 0 Å². The molecule has 0 saturated heterocycles. The fraction of sp³-hybridized carbons (Fsp3) is 0.0909. The number of halogens is 1. The third-order valence-corrected chi connectivity index (χ3v) is 3.63. The first-order chi connectivity index (χ1) is 8.15. The van der Waals surface area contributed by atoms with Crippen LogP contribution in [-0.4, -0.2) is 26.8 Å². The van der Waals surface area contributed by atoms with Crippen LogP contribution in [0.5, 0.6) is 0 Å². The zero-order valence-electron chi connectivity index (χ0n) is 8.68. The molecular formula is C11H9IN2O2S. The summed E-state index contributed by atoms with van der Waals surface area (Å²) in [6.07, 6.45) is 1.71. The standard InChI is InChI=1S/C11H9IN2O2S/c12-8-3-1-7(2-4-8)9-5-13-11(14-9)17-6-10(15)16/h1-5H,6H2,(H,13,14)(H,15,16). The number of thioether (sulfide) groups is 1. The maximum absolute atomic E-state index is 10.4. The molecule has 0 unspecified atom stereocenters. The van der Waals surface area contributed by atoms with E-state index in [9.17, 15) is 4.79 Å². The number of imidazole rings is 1. The van der Waals surface area contributed by atoms with E-state index in [-0.39, 0.29) is 5.75 Å². The summed E-state index contributed by atoms with van der Waals surface area (Å²) < 4.78 is 1.17. The molecule has 0 saturated carbocycles. The van der Waals surface area contributed by atoms with E-state index in [0.29, 0.717) is 5.16 Å². The summed E-state index contributed by atoms with van der Waals surface area (Å²) in [5.74, 6) is -0.832. The van der Waals surface area contributed by atoms with Crippen LogP contribution in [0.25, 0.3) is 11.3 Å². The molecule has 0 aliphatic rings. The van der Waals surface area contributed by atoms with Crippen molar-refractivity contribution >= 4 is 40.3 Å². The first-order valence-electron chi connectivity index (χ1n) is 4.80. The van der Waals surface area contributed by atoms with Crippen LogP contribution in [0.3, 0.4) is 0 Å². The highest BCUT2D eigenvalue weighted by Crippen LogP contribution is 2.22. The molecule has 1 heterocycles. The molecule has 1 aromatic carbocycles.